The van der Waals surface area contributed by atoms with Gasteiger partial charge in [0, 0.05) is 32.7 Å². The monoisotopic (exact) mass is 258 g/mol. The largest absolute Gasteiger partial charge is 0.518 e. The molecule has 1 heterocycles. The van der Waals surface area contributed by atoms with Crippen LogP contribution in [0.1, 0.15) is 6.92 Å². The molecular weight excluding hydrogens is 247 g/mol. The first-order valence-electron chi connectivity index (χ1n) is 4.35. The molecule has 14 heavy (non-hydrogen) atoms. The van der Waals surface area contributed by atoms with Gasteiger partial charge in [-0.25, -0.2) is 0 Å². The van der Waals surface area contributed by atoms with Crippen molar-refractivity contribution in [1.82, 2.24) is 0 Å². The van der Waals surface area contributed by atoms with E-state index in [4.69, 9.17) is 6.58 Å². The minimum Gasteiger partial charge on any atom is -0.518 e. The summed E-state index contributed by atoms with van der Waals surface area (Å²) in [5.41, 5.74) is 1.27. The summed E-state index contributed by atoms with van der Waals surface area (Å²) in [6.45, 7) is 9.50. The molecular formula is C12H11NY-2. The molecule has 0 aromatic heterocycles. The van der Waals surface area contributed by atoms with Crippen molar-refractivity contribution in [2.45, 2.75) is 6.92 Å². The van der Waals surface area contributed by atoms with Gasteiger partial charge in [-0.1, -0.05) is 40.3 Å². The van der Waals surface area contributed by atoms with Crippen molar-refractivity contribution < 1.29 is 32.7 Å². The molecule has 0 N–H and O–H groups in total. The average Bonchev–Trinajstić information content (AvgIpc) is 2.19. The van der Waals surface area contributed by atoms with Crippen molar-refractivity contribution in [3.8, 4) is 0 Å². The van der Waals surface area contributed by atoms with Gasteiger partial charge in [0.25, 0.3) is 0 Å². The van der Waals surface area contributed by atoms with Crippen molar-refractivity contribution in [2.75, 3.05) is 0 Å². The molecule has 0 aliphatic carbocycles. The van der Waals surface area contributed by atoms with Gasteiger partial charge < -0.3 is 11.6 Å². The van der Waals surface area contributed by atoms with Crippen molar-refractivity contribution in [1.29, 1.82) is 0 Å². The molecule has 0 saturated carbocycles. The topological polar surface area (TPSA) is 12.4 Å². The first-order valence-corrected chi connectivity index (χ1v) is 4.35. The van der Waals surface area contributed by atoms with Crippen LogP contribution in [0, 0.1) is 19.0 Å². The average molecular weight is 258 g/mol. The van der Waals surface area contributed by atoms with Crippen molar-refractivity contribution in [2.24, 2.45) is 10.9 Å². The smallest absolute Gasteiger partial charge is 0 e. The molecule has 69 valence electrons. The SMILES string of the molecule is [CH-]=CC1[CH-]N=c2ccccc2=C1C.[Y]. The van der Waals surface area contributed by atoms with Gasteiger partial charge in [-0.15, -0.1) is 12.6 Å². The van der Waals surface area contributed by atoms with Crippen LogP contribution in [0.2, 0.25) is 0 Å². The molecule has 1 aliphatic rings. The van der Waals surface area contributed by atoms with Crippen LogP contribution < -0.4 is 10.6 Å². The number of hydrogen-bond acceptors (Lipinski definition) is 1. The Hall–Kier alpha value is -0.396. The summed E-state index contributed by atoms with van der Waals surface area (Å²) in [5, 5.41) is 2.25. The van der Waals surface area contributed by atoms with E-state index in [1.54, 1.807) is 6.08 Å². The molecule has 1 atom stereocenters. The summed E-state index contributed by atoms with van der Waals surface area (Å²) in [4.78, 5) is 4.34. The van der Waals surface area contributed by atoms with E-state index in [1.807, 2.05) is 24.7 Å². The zero-order valence-corrected chi connectivity index (χ0v) is 11.0. The third kappa shape index (κ3) is 1.99. The van der Waals surface area contributed by atoms with E-state index < -0.39 is 0 Å². The van der Waals surface area contributed by atoms with E-state index >= 15 is 0 Å². The molecule has 1 aromatic carbocycles. The molecule has 2 heteroatoms. The van der Waals surface area contributed by atoms with E-state index in [2.05, 4.69) is 18.0 Å². The summed E-state index contributed by atoms with van der Waals surface area (Å²) < 4.78 is 0. The molecule has 1 nitrogen and oxygen atoms in total. The fraction of sp³-hybridized carbons (Fsp3) is 0.167. The Labute approximate surface area is 110 Å². The van der Waals surface area contributed by atoms with E-state index in [0.29, 0.717) is 0 Å². The van der Waals surface area contributed by atoms with Gasteiger partial charge in [0.1, 0.15) is 0 Å². The summed E-state index contributed by atoms with van der Waals surface area (Å²) in [6, 6.07) is 8.12. The van der Waals surface area contributed by atoms with Crippen molar-refractivity contribution in [3.05, 3.63) is 54.0 Å². The maximum absolute atomic E-state index is 5.51. The van der Waals surface area contributed by atoms with Crippen LogP contribution in [-0.4, -0.2) is 0 Å². The summed E-state index contributed by atoms with van der Waals surface area (Å²) in [7, 11) is 0. The Morgan fingerprint density at radius 3 is 2.86 bits per heavy atom. The van der Waals surface area contributed by atoms with Crippen LogP contribution >= 0.6 is 0 Å². The van der Waals surface area contributed by atoms with E-state index in [9.17, 15) is 0 Å². The van der Waals surface area contributed by atoms with Crippen LogP contribution in [-0.2, 0) is 32.7 Å². The van der Waals surface area contributed by atoms with Gasteiger partial charge in [0.05, 0.1) is 0 Å². The molecule has 0 saturated heterocycles. The minimum absolute atomic E-state index is 0. The zero-order chi connectivity index (χ0) is 9.26. The first kappa shape index (κ1) is 11.7. The van der Waals surface area contributed by atoms with Crippen LogP contribution in [0.3, 0.4) is 0 Å². The zero-order valence-electron chi connectivity index (χ0n) is 8.14. The Morgan fingerprint density at radius 1 is 1.43 bits per heavy atom. The normalized spacial score (nSPS) is 18.4. The minimum atomic E-state index is 0. The maximum atomic E-state index is 5.51. The fourth-order valence-corrected chi connectivity index (χ4v) is 1.57. The molecule has 1 aromatic rings. The number of nitrogens with zero attached hydrogens (tertiary/aromatic N) is 1. The van der Waals surface area contributed by atoms with Crippen molar-refractivity contribution >= 4 is 5.57 Å². The van der Waals surface area contributed by atoms with Crippen LogP contribution in [0.25, 0.3) is 5.57 Å². The van der Waals surface area contributed by atoms with E-state index in [-0.39, 0.29) is 38.6 Å². The molecule has 0 fully saturated rings. The second kappa shape index (κ2) is 4.90. The first-order chi connectivity index (χ1) is 6.33. The Balaban J connectivity index is 0.000000980. The van der Waals surface area contributed by atoms with Gasteiger partial charge in [-0.3, -0.25) is 6.08 Å². The second-order valence-electron chi connectivity index (χ2n) is 3.20. The third-order valence-electron chi connectivity index (χ3n) is 2.41. The Morgan fingerprint density at radius 2 is 2.14 bits per heavy atom. The molecule has 0 amide bonds. The quantitative estimate of drug-likeness (QED) is 0.672. The van der Waals surface area contributed by atoms with E-state index in [0.717, 1.165) is 5.36 Å². The molecule has 1 radical (unpaired) electrons. The summed E-state index contributed by atoms with van der Waals surface area (Å²) in [6.07, 6.45) is 1.68. The third-order valence-corrected chi connectivity index (χ3v) is 2.41. The predicted molar refractivity (Wildman–Crippen MR) is 53.0 cm³/mol. The van der Waals surface area contributed by atoms with E-state index in [1.165, 1.54) is 10.8 Å². The number of benzene rings is 1. The van der Waals surface area contributed by atoms with Crippen LogP contribution in [0.15, 0.2) is 35.3 Å². The summed E-state index contributed by atoms with van der Waals surface area (Å²) in [5.74, 6) is 0.190. The molecule has 1 aliphatic heterocycles. The number of fused-ring (bicyclic) bond motifs is 1. The molecule has 0 spiro atoms. The molecule has 1 unspecified atom stereocenters. The fourth-order valence-electron chi connectivity index (χ4n) is 1.57. The van der Waals surface area contributed by atoms with Gasteiger partial charge in [0.2, 0.25) is 0 Å². The predicted octanol–water partition coefficient (Wildman–Crippen LogP) is 1.26. The second-order valence-corrected chi connectivity index (χ2v) is 3.20. The van der Waals surface area contributed by atoms with Crippen LogP contribution in [0.4, 0.5) is 0 Å². The van der Waals surface area contributed by atoms with Crippen LogP contribution in [0.5, 0.6) is 0 Å². The Kier molecular flexibility index (Phi) is 4.09. The van der Waals surface area contributed by atoms with Gasteiger partial charge in [-0.2, -0.15) is 0 Å². The molecule has 0 bridgehead atoms. The Bertz CT molecular complexity index is 448. The van der Waals surface area contributed by atoms with Gasteiger partial charge in [0.15, 0.2) is 0 Å². The number of hydrogen-bond donors (Lipinski definition) is 0. The molecule has 2 rings (SSSR count). The van der Waals surface area contributed by atoms with Gasteiger partial charge >= 0.3 is 0 Å². The van der Waals surface area contributed by atoms with Crippen molar-refractivity contribution in [3.63, 3.8) is 0 Å². The summed E-state index contributed by atoms with van der Waals surface area (Å²) >= 11 is 0. The van der Waals surface area contributed by atoms with Gasteiger partial charge in [-0.05, 0) is 6.92 Å². The standard InChI is InChI=1S/C12H11N.Y/c1-3-10-8-13-12-7-5-4-6-11(12)9(10)2;/h1,3-8,10H,2H3;/q-2;. The number of rotatable bonds is 1. The maximum Gasteiger partial charge on any atom is 0 e. The number of para-hydroxylation sites is 1.